The third kappa shape index (κ3) is 2.47. The Morgan fingerprint density at radius 1 is 1.23 bits per heavy atom. The minimum atomic E-state index is 0.0994. The second-order valence-electron chi connectivity index (χ2n) is 5.95. The summed E-state index contributed by atoms with van der Waals surface area (Å²) in [5.41, 5.74) is 3.23. The summed E-state index contributed by atoms with van der Waals surface area (Å²) in [6.07, 6.45) is 0. The van der Waals surface area contributed by atoms with E-state index in [1.165, 1.54) is 0 Å². The number of hydrogen-bond acceptors (Lipinski definition) is 4. The fraction of sp³-hybridized carbons (Fsp3) is 0.562. The van der Waals surface area contributed by atoms with Crippen LogP contribution in [0, 0.1) is 13.8 Å². The fourth-order valence-corrected chi connectivity index (χ4v) is 3.18. The van der Waals surface area contributed by atoms with E-state index in [4.69, 9.17) is 0 Å². The minimum Gasteiger partial charge on any atom is -0.336 e. The summed E-state index contributed by atoms with van der Waals surface area (Å²) in [6, 6.07) is 1.89. The van der Waals surface area contributed by atoms with Crippen LogP contribution in [-0.4, -0.2) is 63.2 Å². The van der Waals surface area contributed by atoms with Crippen LogP contribution in [0.2, 0.25) is 0 Å². The van der Waals surface area contributed by atoms with Crippen molar-refractivity contribution in [2.24, 2.45) is 7.05 Å². The molecule has 0 unspecified atom stereocenters. The monoisotopic (exact) mass is 301 g/mol. The number of carbonyl (C=O) groups is 1. The van der Waals surface area contributed by atoms with Crippen LogP contribution < -0.4 is 0 Å². The SMILES string of the molecule is CCN1CCN(C(=O)c2cc(C)nc3c2c(C)nn3C)CC1. The molecule has 0 N–H and O–H groups in total. The summed E-state index contributed by atoms with van der Waals surface area (Å²) < 4.78 is 1.75. The lowest BCUT2D eigenvalue weighted by molar-refractivity contribution is 0.0645. The number of hydrogen-bond donors (Lipinski definition) is 0. The summed E-state index contributed by atoms with van der Waals surface area (Å²) in [7, 11) is 1.87. The molecule has 2 aromatic rings. The van der Waals surface area contributed by atoms with Gasteiger partial charge in [-0.1, -0.05) is 6.92 Å². The van der Waals surface area contributed by atoms with Crippen LogP contribution >= 0.6 is 0 Å². The number of nitrogens with zero attached hydrogens (tertiary/aromatic N) is 5. The first-order valence-corrected chi connectivity index (χ1v) is 7.83. The van der Waals surface area contributed by atoms with Gasteiger partial charge in [-0.2, -0.15) is 5.10 Å². The Labute approximate surface area is 130 Å². The molecule has 1 amide bonds. The molecule has 1 saturated heterocycles. The number of rotatable bonds is 2. The quantitative estimate of drug-likeness (QED) is 0.840. The number of likely N-dealkylation sites (N-methyl/N-ethyl adjacent to an activating group) is 1. The van der Waals surface area contributed by atoms with Crippen molar-refractivity contribution in [1.29, 1.82) is 0 Å². The van der Waals surface area contributed by atoms with Gasteiger partial charge in [0.1, 0.15) is 0 Å². The van der Waals surface area contributed by atoms with Crippen LogP contribution in [0.1, 0.15) is 28.7 Å². The Hall–Kier alpha value is -1.95. The lowest BCUT2D eigenvalue weighted by Crippen LogP contribution is -2.48. The van der Waals surface area contributed by atoms with Crippen molar-refractivity contribution in [3.63, 3.8) is 0 Å². The fourth-order valence-electron chi connectivity index (χ4n) is 3.18. The van der Waals surface area contributed by atoms with E-state index in [1.54, 1.807) is 4.68 Å². The summed E-state index contributed by atoms with van der Waals surface area (Å²) in [5, 5.41) is 5.31. The average molecular weight is 301 g/mol. The largest absolute Gasteiger partial charge is 0.336 e. The highest BCUT2D eigenvalue weighted by atomic mass is 16.2. The Bertz CT molecular complexity index is 713. The molecule has 6 heteroatoms. The molecule has 0 saturated carbocycles. The van der Waals surface area contributed by atoms with Crippen molar-refractivity contribution in [2.75, 3.05) is 32.7 Å². The first kappa shape index (κ1) is 15.0. The van der Waals surface area contributed by atoms with Crippen LogP contribution in [0.3, 0.4) is 0 Å². The highest BCUT2D eigenvalue weighted by Gasteiger charge is 2.25. The molecule has 1 aliphatic heterocycles. The highest BCUT2D eigenvalue weighted by molar-refractivity contribution is 6.06. The van der Waals surface area contributed by atoms with E-state index < -0.39 is 0 Å². The molecular formula is C16H23N5O. The van der Waals surface area contributed by atoms with Crippen molar-refractivity contribution in [3.05, 3.63) is 23.0 Å². The normalized spacial score (nSPS) is 16.5. The van der Waals surface area contributed by atoms with Crippen LogP contribution in [0.4, 0.5) is 0 Å². The van der Waals surface area contributed by atoms with Gasteiger partial charge in [-0.15, -0.1) is 0 Å². The molecule has 0 aliphatic carbocycles. The topological polar surface area (TPSA) is 54.3 Å². The maximum atomic E-state index is 13.0. The van der Waals surface area contributed by atoms with Gasteiger partial charge in [-0.05, 0) is 26.5 Å². The van der Waals surface area contributed by atoms with Gasteiger partial charge in [0, 0.05) is 38.9 Å². The molecule has 0 bridgehead atoms. The van der Waals surface area contributed by atoms with Gasteiger partial charge >= 0.3 is 0 Å². The Balaban J connectivity index is 1.98. The molecule has 3 rings (SSSR count). The first-order chi connectivity index (χ1) is 10.5. The van der Waals surface area contributed by atoms with Gasteiger partial charge in [0.15, 0.2) is 5.65 Å². The van der Waals surface area contributed by atoms with Gasteiger partial charge in [-0.25, -0.2) is 4.98 Å². The number of carbonyl (C=O) groups excluding carboxylic acids is 1. The standard InChI is InChI=1S/C16H23N5O/c1-5-20-6-8-21(9-7-20)16(22)13-10-11(2)17-15-14(13)12(3)18-19(15)4/h10H,5-9H2,1-4H3. The molecule has 22 heavy (non-hydrogen) atoms. The third-order valence-electron chi connectivity index (χ3n) is 4.43. The van der Waals surface area contributed by atoms with Crippen molar-refractivity contribution >= 4 is 16.9 Å². The second kappa shape index (κ2) is 5.68. The average Bonchev–Trinajstić information content (AvgIpc) is 2.80. The molecule has 1 aliphatic rings. The number of aromatic nitrogens is 3. The maximum absolute atomic E-state index is 13.0. The first-order valence-electron chi connectivity index (χ1n) is 7.83. The Morgan fingerprint density at radius 2 is 1.91 bits per heavy atom. The Kier molecular flexibility index (Phi) is 3.87. The zero-order valence-corrected chi connectivity index (χ0v) is 13.8. The zero-order valence-electron chi connectivity index (χ0n) is 13.8. The van der Waals surface area contributed by atoms with Gasteiger partial charge in [0.05, 0.1) is 16.6 Å². The van der Waals surface area contributed by atoms with Crippen molar-refractivity contribution in [3.8, 4) is 0 Å². The minimum absolute atomic E-state index is 0.0994. The number of aryl methyl sites for hydroxylation is 3. The maximum Gasteiger partial charge on any atom is 0.254 e. The van der Waals surface area contributed by atoms with Crippen LogP contribution in [0.25, 0.3) is 11.0 Å². The number of pyridine rings is 1. The zero-order chi connectivity index (χ0) is 15.9. The van der Waals surface area contributed by atoms with Crippen LogP contribution in [0.15, 0.2) is 6.07 Å². The third-order valence-corrected chi connectivity index (χ3v) is 4.43. The van der Waals surface area contributed by atoms with Crippen LogP contribution in [0.5, 0.6) is 0 Å². The number of fused-ring (bicyclic) bond motifs is 1. The molecule has 0 aromatic carbocycles. The molecule has 6 nitrogen and oxygen atoms in total. The molecule has 1 fully saturated rings. The second-order valence-corrected chi connectivity index (χ2v) is 5.95. The highest BCUT2D eigenvalue weighted by Crippen LogP contribution is 2.23. The predicted octanol–water partition coefficient (Wildman–Crippen LogP) is 1.36. The smallest absolute Gasteiger partial charge is 0.254 e. The Morgan fingerprint density at radius 3 is 2.55 bits per heavy atom. The predicted molar refractivity (Wildman–Crippen MR) is 86.0 cm³/mol. The van der Waals surface area contributed by atoms with Crippen LogP contribution in [-0.2, 0) is 7.05 Å². The van der Waals surface area contributed by atoms with Crippen molar-refractivity contribution in [1.82, 2.24) is 24.6 Å². The molecular weight excluding hydrogens is 278 g/mol. The van der Waals surface area contributed by atoms with Gasteiger partial charge in [-0.3, -0.25) is 9.48 Å². The number of amides is 1. The molecule has 2 aromatic heterocycles. The summed E-state index contributed by atoms with van der Waals surface area (Å²) >= 11 is 0. The van der Waals surface area contributed by atoms with Gasteiger partial charge in [0.2, 0.25) is 0 Å². The lowest BCUT2D eigenvalue weighted by atomic mass is 10.1. The van der Waals surface area contributed by atoms with Crippen molar-refractivity contribution < 1.29 is 4.79 Å². The van der Waals surface area contributed by atoms with E-state index in [2.05, 4.69) is 21.9 Å². The lowest BCUT2D eigenvalue weighted by Gasteiger charge is -2.34. The number of piperazine rings is 1. The van der Waals surface area contributed by atoms with E-state index >= 15 is 0 Å². The van der Waals surface area contributed by atoms with Gasteiger partial charge in [0.25, 0.3) is 5.91 Å². The summed E-state index contributed by atoms with van der Waals surface area (Å²) in [4.78, 5) is 21.8. The summed E-state index contributed by atoms with van der Waals surface area (Å²) in [5.74, 6) is 0.0994. The van der Waals surface area contributed by atoms with E-state index in [9.17, 15) is 4.79 Å². The van der Waals surface area contributed by atoms with E-state index in [-0.39, 0.29) is 5.91 Å². The van der Waals surface area contributed by atoms with E-state index in [0.717, 1.165) is 60.7 Å². The molecule has 0 radical (unpaired) electrons. The molecule has 3 heterocycles. The van der Waals surface area contributed by atoms with Gasteiger partial charge < -0.3 is 9.80 Å². The molecule has 0 atom stereocenters. The van der Waals surface area contributed by atoms with E-state index in [1.807, 2.05) is 31.9 Å². The molecule has 118 valence electrons. The summed E-state index contributed by atoms with van der Waals surface area (Å²) in [6.45, 7) is 10.5. The van der Waals surface area contributed by atoms with E-state index in [0.29, 0.717) is 0 Å². The molecule has 0 spiro atoms. The van der Waals surface area contributed by atoms with Crippen molar-refractivity contribution in [2.45, 2.75) is 20.8 Å².